The highest BCUT2D eigenvalue weighted by Crippen LogP contribution is 2.19. The maximum atomic E-state index is 13.0. The number of alkyl carbamates (subject to hydrolysis) is 1. The summed E-state index contributed by atoms with van der Waals surface area (Å²) in [5.41, 5.74) is 1.38. The molecule has 0 saturated carbocycles. The van der Waals surface area contributed by atoms with E-state index in [1.807, 2.05) is 43.3 Å². The summed E-state index contributed by atoms with van der Waals surface area (Å²) in [6, 6.07) is 15.8. The molecular weight excluding hydrogens is 490 g/mol. The Bertz CT molecular complexity index is 1190. The Morgan fingerprint density at radius 2 is 1.63 bits per heavy atom. The number of ether oxygens (including phenoxy) is 1. The summed E-state index contributed by atoms with van der Waals surface area (Å²) in [4.78, 5) is 49.5. The predicted octanol–water partition coefficient (Wildman–Crippen LogP) is 4.00. The predicted molar refractivity (Wildman–Crippen MR) is 140 cm³/mol. The quantitative estimate of drug-likeness (QED) is 0.234. The Kier molecular flexibility index (Phi) is 10.7. The first-order chi connectivity index (χ1) is 18.4. The van der Waals surface area contributed by atoms with Crippen LogP contribution in [0, 0.1) is 0 Å². The van der Waals surface area contributed by atoms with Crippen LogP contribution in [0.4, 0.5) is 4.79 Å². The second-order valence-corrected chi connectivity index (χ2v) is 8.85. The third-order valence-corrected chi connectivity index (χ3v) is 5.88. The molecule has 202 valence electrons. The zero-order valence-corrected chi connectivity index (χ0v) is 21.3. The average molecular weight is 524 g/mol. The fourth-order valence-electron chi connectivity index (χ4n) is 3.80. The minimum Gasteiger partial charge on any atom is -0.480 e. The Morgan fingerprint density at radius 3 is 2.34 bits per heavy atom. The summed E-state index contributed by atoms with van der Waals surface area (Å²) in [7, 11) is 0. The molecule has 0 saturated heterocycles. The number of fused-ring (bicyclic) bond motifs is 1. The lowest BCUT2D eigenvalue weighted by Crippen LogP contribution is -2.51. The smallest absolute Gasteiger partial charge is 0.407 e. The molecule has 10 nitrogen and oxygen atoms in total. The number of carbonyl (C=O) groups is 4. The normalized spacial score (nSPS) is 12.3. The first kappa shape index (κ1) is 28.2. The maximum absolute atomic E-state index is 13.0. The van der Waals surface area contributed by atoms with Crippen molar-refractivity contribution in [2.45, 2.75) is 57.7 Å². The van der Waals surface area contributed by atoms with Gasteiger partial charge in [0.25, 0.3) is 5.91 Å². The molecule has 0 bridgehead atoms. The van der Waals surface area contributed by atoms with Crippen LogP contribution in [0.25, 0.3) is 11.0 Å². The van der Waals surface area contributed by atoms with Gasteiger partial charge in [-0.25, -0.2) is 9.59 Å². The highest BCUT2D eigenvalue weighted by Gasteiger charge is 2.27. The molecule has 3 rings (SSSR count). The Labute approximate surface area is 220 Å². The summed E-state index contributed by atoms with van der Waals surface area (Å²) in [5, 5.41) is 18.0. The van der Waals surface area contributed by atoms with Gasteiger partial charge < -0.3 is 30.2 Å². The number of hydrogen-bond donors (Lipinski definition) is 4. The van der Waals surface area contributed by atoms with Gasteiger partial charge in [0.15, 0.2) is 5.76 Å². The van der Waals surface area contributed by atoms with Crippen molar-refractivity contribution in [1.82, 2.24) is 16.0 Å². The first-order valence-corrected chi connectivity index (χ1v) is 12.6. The number of furan rings is 1. The van der Waals surface area contributed by atoms with Crippen LogP contribution in [0.2, 0.25) is 0 Å². The van der Waals surface area contributed by atoms with Crippen molar-refractivity contribution < 1.29 is 33.4 Å². The summed E-state index contributed by atoms with van der Waals surface area (Å²) < 4.78 is 10.8. The third kappa shape index (κ3) is 8.65. The zero-order valence-electron chi connectivity index (χ0n) is 21.3. The lowest BCUT2D eigenvalue weighted by atomic mass is 10.1. The van der Waals surface area contributed by atoms with E-state index < -0.39 is 36.0 Å². The molecule has 4 N–H and O–H groups in total. The molecule has 0 spiro atoms. The second-order valence-electron chi connectivity index (χ2n) is 8.85. The lowest BCUT2D eigenvalue weighted by molar-refractivity contribution is -0.142. The number of carboxylic acid groups (broad SMARTS) is 1. The van der Waals surface area contributed by atoms with Crippen LogP contribution in [-0.4, -0.2) is 47.6 Å². The molecule has 2 aromatic carbocycles. The number of benzene rings is 2. The van der Waals surface area contributed by atoms with Gasteiger partial charge in [0.2, 0.25) is 5.91 Å². The van der Waals surface area contributed by atoms with E-state index in [9.17, 15) is 24.3 Å². The number of aliphatic carboxylic acids is 1. The number of carbonyl (C=O) groups excluding carboxylic acids is 3. The topological polar surface area (TPSA) is 147 Å². The van der Waals surface area contributed by atoms with E-state index in [-0.39, 0.29) is 31.8 Å². The van der Waals surface area contributed by atoms with Crippen molar-refractivity contribution in [3.05, 3.63) is 72.0 Å². The van der Waals surface area contributed by atoms with Crippen LogP contribution in [0.5, 0.6) is 0 Å². The average Bonchev–Trinajstić information content (AvgIpc) is 3.36. The van der Waals surface area contributed by atoms with Crippen molar-refractivity contribution in [1.29, 1.82) is 0 Å². The van der Waals surface area contributed by atoms with E-state index in [0.717, 1.165) is 17.4 Å². The molecule has 0 radical (unpaired) electrons. The summed E-state index contributed by atoms with van der Waals surface area (Å²) in [6.45, 7) is 2.24. The summed E-state index contributed by atoms with van der Waals surface area (Å²) in [5.74, 6) is -2.33. The van der Waals surface area contributed by atoms with Gasteiger partial charge in [0, 0.05) is 11.9 Å². The Morgan fingerprint density at radius 1 is 0.921 bits per heavy atom. The largest absolute Gasteiger partial charge is 0.480 e. The van der Waals surface area contributed by atoms with Gasteiger partial charge in [-0.15, -0.1) is 0 Å². The number of nitrogens with one attached hydrogen (secondary N) is 3. The number of unbranched alkanes of at least 4 members (excludes halogenated alkanes) is 1. The number of hydrogen-bond acceptors (Lipinski definition) is 6. The van der Waals surface area contributed by atoms with Gasteiger partial charge in [-0.05, 0) is 37.0 Å². The van der Waals surface area contributed by atoms with E-state index in [1.165, 1.54) is 0 Å². The van der Waals surface area contributed by atoms with Gasteiger partial charge in [-0.1, -0.05) is 68.3 Å². The summed E-state index contributed by atoms with van der Waals surface area (Å²) in [6.07, 6.45) is 1.55. The van der Waals surface area contributed by atoms with Gasteiger partial charge in [0.05, 0.1) is 0 Å². The van der Waals surface area contributed by atoms with E-state index in [4.69, 9.17) is 9.15 Å². The second kappa shape index (κ2) is 14.4. The van der Waals surface area contributed by atoms with Crippen molar-refractivity contribution in [3.63, 3.8) is 0 Å². The van der Waals surface area contributed by atoms with E-state index in [0.29, 0.717) is 18.4 Å². The fraction of sp³-hybridized carbons (Fsp3) is 0.357. The molecule has 1 heterocycles. The van der Waals surface area contributed by atoms with Crippen LogP contribution in [0.1, 0.15) is 55.1 Å². The molecule has 38 heavy (non-hydrogen) atoms. The molecule has 1 unspecified atom stereocenters. The standard InChI is InChI=1S/C28H33N3O7/c1-2-3-13-22(27(34)35)31-25(32)21(30-26(33)24-17-20-12-7-8-15-23(20)38-24)14-9-16-29-28(36)37-18-19-10-5-4-6-11-19/h4-8,10-12,15,17,21-22H,2-3,9,13-14,16,18H2,1H3,(H,29,36)(H,30,33)(H,31,32)(H,34,35)/t21-,22?/m0/s1. The zero-order chi connectivity index (χ0) is 27.3. The number of amides is 3. The lowest BCUT2D eigenvalue weighted by Gasteiger charge is -2.21. The van der Waals surface area contributed by atoms with Crippen molar-refractivity contribution in [2.24, 2.45) is 0 Å². The van der Waals surface area contributed by atoms with Gasteiger partial charge in [0.1, 0.15) is 24.3 Å². The first-order valence-electron chi connectivity index (χ1n) is 12.6. The Balaban J connectivity index is 1.58. The van der Waals surface area contributed by atoms with Crippen LogP contribution < -0.4 is 16.0 Å². The number of carboxylic acids is 1. The van der Waals surface area contributed by atoms with Crippen LogP contribution in [0.3, 0.4) is 0 Å². The molecule has 0 aliphatic carbocycles. The maximum Gasteiger partial charge on any atom is 0.407 e. The molecule has 1 aromatic heterocycles. The minimum atomic E-state index is -1.14. The van der Waals surface area contributed by atoms with Crippen LogP contribution in [-0.2, 0) is 20.9 Å². The number of rotatable bonds is 14. The molecule has 0 aliphatic rings. The van der Waals surface area contributed by atoms with Gasteiger partial charge in [-0.2, -0.15) is 0 Å². The number of para-hydroxylation sites is 1. The van der Waals surface area contributed by atoms with Crippen molar-refractivity contribution in [2.75, 3.05) is 6.54 Å². The highest BCUT2D eigenvalue weighted by atomic mass is 16.5. The third-order valence-electron chi connectivity index (χ3n) is 5.88. The van der Waals surface area contributed by atoms with E-state index in [2.05, 4.69) is 16.0 Å². The molecule has 3 aromatic rings. The molecular formula is C28H33N3O7. The molecule has 0 fully saturated rings. The monoisotopic (exact) mass is 523 g/mol. The summed E-state index contributed by atoms with van der Waals surface area (Å²) >= 11 is 0. The minimum absolute atomic E-state index is 0.0346. The van der Waals surface area contributed by atoms with Crippen molar-refractivity contribution in [3.8, 4) is 0 Å². The van der Waals surface area contributed by atoms with Crippen LogP contribution in [0.15, 0.2) is 65.1 Å². The van der Waals surface area contributed by atoms with Gasteiger partial charge >= 0.3 is 12.1 Å². The molecule has 2 atom stereocenters. The van der Waals surface area contributed by atoms with E-state index in [1.54, 1.807) is 24.3 Å². The molecule has 0 aliphatic heterocycles. The van der Waals surface area contributed by atoms with Crippen molar-refractivity contribution >= 4 is 34.8 Å². The van der Waals surface area contributed by atoms with Gasteiger partial charge in [-0.3, -0.25) is 9.59 Å². The highest BCUT2D eigenvalue weighted by molar-refractivity contribution is 5.99. The Hall–Kier alpha value is -4.34. The molecule has 3 amide bonds. The SMILES string of the molecule is CCCCC(NC(=O)[C@H](CCCNC(=O)OCc1ccccc1)NC(=O)c1cc2ccccc2o1)C(=O)O. The molecule has 10 heteroatoms. The van der Waals surface area contributed by atoms with E-state index >= 15 is 0 Å². The van der Waals surface area contributed by atoms with Crippen LogP contribution >= 0.6 is 0 Å². The fourth-order valence-corrected chi connectivity index (χ4v) is 3.80.